The molecule has 0 saturated carbocycles. The predicted molar refractivity (Wildman–Crippen MR) is 89.0 cm³/mol. The molecule has 0 atom stereocenters. The third-order valence-corrected chi connectivity index (χ3v) is 3.64. The summed E-state index contributed by atoms with van der Waals surface area (Å²) in [6.07, 6.45) is 1.49. The standard InChI is InChI=1S/C15H16N4O4S/c1-10-13(17-19-24-10)8-16-23-9-11-6-4-5-7-12(11)14(18-22-3)15(20)21-2/h4-8H,9H2,1-3H3/b16-8+,18-14-. The smallest absolute Gasteiger partial charge is 0.360 e. The van der Waals surface area contributed by atoms with Crippen LogP contribution in [0.1, 0.15) is 21.7 Å². The first-order chi connectivity index (χ1) is 11.7. The molecule has 0 spiro atoms. The number of carbonyl (C=O) groups excluding carboxylic acids is 1. The largest absolute Gasteiger partial charge is 0.464 e. The first kappa shape index (κ1) is 17.5. The molecule has 0 bridgehead atoms. The number of aryl methyl sites for hydroxylation is 1. The Morgan fingerprint density at radius 1 is 1.33 bits per heavy atom. The number of ether oxygens (including phenoxy) is 1. The number of carbonyl (C=O) groups is 1. The van der Waals surface area contributed by atoms with Gasteiger partial charge in [-0.15, -0.1) is 5.10 Å². The summed E-state index contributed by atoms with van der Waals surface area (Å²) in [5.74, 6) is -0.600. The number of rotatable bonds is 7. The van der Waals surface area contributed by atoms with Crippen LogP contribution in [0.2, 0.25) is 0 Å². The zero-order valence-electron chi connectivity index (χ0n) is 13.4. The lowest BCUT2D eigenvalue weighted by Gasteiger charge is -2.09. The maximum atomic E-state index is 11.9. The van der Waals surface area contributed by atoms with Crippen LogP contribution in [0.25, 0.3) is 0 Å². The molecule has 1 aromatic carbocycles. The summed E-state index contributed by atoms with van der Waals surface area (Å²) in [4.78, 5) is 22.8. The number of esters is 1. The lowest BCUT2D eigenvalue weighted by atomic mass is 10.0. The molecule has 0 aliphatic rings. The average Bonchev–Trinajstić information content (AvgIpc) is 3.01. The molecule has 0 aliphatic heterocycles. The molecule has 24 heavy (non-hydrogen) atoms. The van der Waals surface area contributed by atoms with Crippen molar-refractivity contribution in [2.24, 2.45) is 10.3 Å². The highest BCUT2D eigenvalue weighted by molar-refractivity contribution is 7.05. The van der Waals surface area contributed by atoms with E-state index in [0.717, 1.165) is 4.88 Å². The number of nitrogens with zero attached hydrogens (tertiary/aromatic N) is 4. The summed E-state index contributed by atoms with van der Waals surface area (Å²) in [6, 6.07) is 7.13. The number of hydrogen-bond donors (Lipinski definition) is 0. The van der Waals surface area contributed by atoms with E-state index < -0.39 is 5.97 Å². The fourth-order valence-corrected chi connectivity index (χ4v) is 2.25. The highest BCUT2D eigenvalue weighted by Gasteiger charge is 2.19. The zero-order chi connectivity index (χ0) is 17.4. The minimum absolute atomic E-state index is 0.0581. The van der Waals surface area contributed by atoms with Crippen molar-refractivity contribution in [2.45, 2.75) is 13.5 Å². The van der Waals surface area contributed by atoms with Gasteiger partial charge >= 0.3 is 5.97 Å². The van der Waals surface area contributed by atoms with Gasteiger partial charge in [0.2, 0.25) is 0 Å². The van der Waals surface area contributed by atoms with Crippen molar-refractivity contribution in [1.29, 1.82) is 0 Å². The van der Waals surface area contributed by atoms with Gasteiger partial charge < -0.3 is 14.4 Å². The van der Waals surface area contributed by atoms with Crippen LogP contribution in [0.15, 0.2) is 34.6 Å². The Labute approximate surface area is 142 Å². The van der Waals surface area contributed by atoms with Crippen LogP contribution in [0.5, 0.6) is 0 Å². The summed E-state index contributed by atoms with van der Waals surface area (Å²) >= 11 is 1.29. The number of hydrogen-bond acceptors (Lipinski definition) is 9. The van der Waals surface area contributed by atoms with Crippen molar-refractivity contribution >= 4 is 29.4 Å². The minimum atomic E-state index is -0.600. The molecule has 1 heterocycles. The monoisotopic (exact) mass is 348 g/mol. The van der Waals surface area contributed by atoms with Gasteiger partial charge in [-0.05, 0) is 18.5 Å². The first-order valence-electron chi connectivity index (χ1n) is 6.89. The summed E-state index contributed by atoms with van der Waals surface area (Å²) in [5.41, 5.74) is 1.98. The molecule has 126 valence electrons. The van der Waals surface area contributed by atoms with Gasteiger partial charge in [0.05, 0.1) is 18.2 Å². The Morgan fingerprint density at radius 2 is 2.12 bits per heavy atom. The third kappa shape index (κ3) is 4.35. The molecule has 0 radical (unpaired) electrons. The van der Waals surface area contributed by atoms with E-state index in [4.69, 9.17) is 14.4 Å². The highest BCUT2D eigenvalue weighted by Crippen LogP contribution is 2.13. The van der Waals surface area contributed by atoms with E-state index in [1.54, 1.807) is 18.2 Å². The molecule has 1 aromatic heterocycles. The molecule has 0 saturated heterocycles. The van der Waals surface area contributed by atoms with Crippen molar-refractivity contribution in [3.05, 3.63) is 46.0 Å². The number of methoxy groups -OCH3 is 1. The molecule has 2 aromatic rings. The van der Waals surface area contributed by atoms with E-state index in [2.05, 4.69) is 19.9 Å². The topological polar surface area (TPSA) is 95.3 Å². The van der Waals surface area contributed by atoms with Gasteiger partial charge in [0, 0.05) is 11.1 Å². The Morgan fingerprint density at radius 3 is 2.79 bits per heavy atom. The summed E-state index contributed by atoms with van der Waals surface area (Å²) in [5, 5.41) is 11.5. The second-order valence-corrected chi connectivity index (χ2v) is 5.45. The van der Waals surface area contributed by atoms with Crippen molar-refractivity contribution in [3.8, 4) is 0 Å². The highest BCUT2D eigenvalue weighted by atomic mass is 32.1. The minimum Gasteiger partial charge on any atom is -0.464 e. The Kier molecular flexibility index (Phi) is 6.38. The van der Waals surface area contributed by atoms with Gasteiger partial charge in [0.25, 0.3) is 0 Å². The molecule has 0 N–H and O–H groups in total. The van der Waals surface area contributed by atoms with Crippen LogP contribution in [0.3, 0.4) is 0 Å². The van der Waals surface area contributed by atoms with E-state index in [9.17, 15) is 4.79 Å². The van der Waals surface area contributed by atoms with Gasteiger partial charge in [0.1, 0.15) is 19.4 Å². The van der Waals surface area contributed by atoms with E-state index in [1.165, 1.54) is 32.0 Å². The van der Waals surface area contributed by atoms with E-state index in [-0.39, 0.29) is 12.3 Å². The zero-order valence-corrected chi connectivity index (χ0v) is 14.2. The maximum Gasteiger partial charge on any atom is 0.360 e. The third-order valence-electron chi connectivity index (χ3n) is 2.99. The SMILES string of the molecule is CO/N=C(\C(=O)OC)c1ccccc1CO/N=C/c1nnsc1C. The van der Waals surface area contributed by atoms with Crippen molar-refractivity contribution in [3.63, 3.8) is 0 Å². The molecule has 0 aliphatic carbocycles. The Bertz CT molecular complexity index is 757. The molecular formula is C15H16N4O4S. The summed E-state index contributed by atoms with van der Waals surface area (Å²) in [7, 11) is 2.64. The molecule has 0 fully saturated rings. The molecule has 8 nitrogen and oxygen atoms in total. The van der Waals surface area contributed by atoms with Gasteiger partial charge in [0.15, 0.2) is 5.71 Å². The van der Waals surface area contributed by atoms with Gasteiger partial charge in [-0.25, -0.2) is 4.79 Å². The molecular weight excluding hydrogens is 332 g/mol. The predicted octanol–water partition coefficient (Wildman–Crippen LogP) is 1.92. The van der Waals surface area contributed by atoms with Gasteiger partial charge in [-0.3, -0.25) is 0 Å². The number of aromatic nitrogens is 2. The van der Waals surface area contributed by atoms with Crippen molar-refractivity contribution < 1.29 is 19.2 Å². The van der Waals surface area contributed by atoms with Crippen molar-refractivity contribution in [1.82, 2.24) is 9.59 Å². The first-order valence-corrected chi connectivity index (χ1v) is 7.66. The molecule has 2 rings (SSSR count). The summed E-state index contributed by atoms with van der Waals surface area (Å²) in [6.45, 7) is 2.04. The van der Waals surface area contributed by atoms with E-state index >= 15 is 0 Å². The fourth-order valence-electron chi connectivity index (χ4n) is 1.82. The second kappa shape index (κ2) is 8.73. The van der Waals surface area contributed by atoms with E-state index in [1.807, 2.05) is 13.0 Å². The maximum absolute atomic E-state index is 11.9. The van der Waals surface area contributed by atoms with Crippen LogP contribution in [0, 0.1) is 6.92 Å². The average molecular weight is 348 g/mol. The quantitative estimate of drug-likeness (QED) is 0.431. The van der Waals surface area contributed by atoms with Crippen LogP contribution in [-0.4, -0.2) is 41.7 Å². The molecule has 9 heteroatoms. The lowest BCUT2D eigenvalue weighted by molar-refractivity contribution is -0.132. The second-order valence-electron chi connectivity index (χ2n) is 4.49. The van der Waals surface area contributed by atoms with Crippen molar-refractivity contribution in [2.75, 3.05) is 14.2 Å². The van der Waals surface area contributed by atoms with Gasteiger partial charge in [-0.2, -0.15) is 0 Å². The Hall–Kier alpha value is -2.81. The Balaban J connectivity index is 2.14. The fraction of sp³-hybridized carbons (Fsp3) is 0.267. The number of oxime groups is 2. The normalized spacial score (nSPS) is 11.5. The van der Waals surface area contributed by atoms with Crippen LogP contribution >= 0.6 is 11.5 Å². The van der Waals surface area contributed by atoms with Gasteiger partial charge in [-0.1, -0.05) is 39.1 Å². The summed E-state index contributed by atoms with van der Waals surface area (Å²) < 4.78 is 8.54. The van der Waals surface area contributed by atoms with Crippen LogP contribution < -0.4 is 0 Å². The van der Waals surface area contributed by atoms with E-state index in [0.29, 0.717) is 16.8 Å². The lowest BCUT2D eigenvalue weighted by Crippen LogP contribution is -2.19. The molecule has 0 amide bonds. The van der Waals surface area contributed by atoms with Crippen LogP contribution in [0.4, 0.5) is 0 Å². The molecule has 0 unspecified atom stereocenters. The number of benzene rings is 1. The van der Waals surface area contributed by atoms with Crippen LogP contribution in [-0.2, 0) is 25.8 Å².